The van der Waals surface area contributed by atoms with E-state index in [0.29, 0.717) is 11.3 Å². The number of hydrogen-bond acceptors (Lipinski definition) is 2. The number of rotatable bonds is 2. The van der Waals surface area contributed by atoms with Crippen molar-refractivity contribution in [1.29, 1.82) is 0 Å². The first-order chi connectivity index (χ1) is 9.95. The van der Waals surface area contributed by atoms with E-state index in [9.17, 15) is 9.18 Å². The third-order valence-corrected chi connectivity index (χ3v) is 3.82. The molecule has 2 aromatic rings. The third kappa shape index (κ3) is 4.34. The van der Waals surface area contributed by atoms with Crippen LogP contribution in [0.15, 0.2) is 46.9 Å². The lowest BCUT2D eigenvalue weighted by Gasteiger charge is -2.10. The molecule has 108 valence electrons. The molecule has 0 spiro atoms. The summed E-state index contributed by atoms with van der Waals surface area (Å²) in [7, 11) is 0. The van der Waals surface area contributed by atoms with E-state index < -0.39 is 0 Å². The van der Waals surface area contributed by atoms with E-state index in [1.165, 1.54) is 24.3 Å². The predicted molar refractivity (Wildman–Crippen MR) is 89.0 cm³/mol. The molecule has 2 rings (SSSR count). The van der Waals surface area contributed by atoms with Crippen LogP contribution in [-0.2, 0) is 0 Å². The highest BCUT2D eigenvalue weighted by molar-refractivity contribution is 9.10. The maximum absolute atomic E-state index is 12.8. The summed E-state index contributed by atoms with van der Waals surface area (Å²) in [6, 6.07) is 11.0. The Morgan fingerprint density at radius 3 is 2.48 bits per heavy atom. The van der Waals surface area contributed by atoms with Crippen LogP contribution in [0.5, 0.6) is 0 Å². The Morgan fingerprint density at radius 2 is 1.86 bits per heavy atom. The summed E-state index contributed by atoms with van der Waals surface area (Å²) in [6.07, 6.45) is 0. The monoisotopic (exact) mass is 366 g/mol. The van der Waals surface area contributed by atoms with E-state index >= 15 is 0 Å². The molecule has 0 unspecified atom stereocenters. The molecule has 0 saturated heterocycles. The van der Waals surface area contributed by atoms with Crippen molar-refractivity contribution in [1.82, 2.24) is 5.32 Å². The summed E-state index contributed by atoms with van der Waals surface area (Å²) in [5.74, 6) is -0.643. The predicted octanol–water partition coefficient (Wildman–Crippen LogP) is 4.02. The Bertz CT molecular complexity index is 689. The zero-order chi connectivity index (χ0) is 15.4. The van der Waals surface area contributed by atoms with E-state index in [2.05, 4.69) is 26.6 Å². The first-order valence-corrected chi connectivity index (χ1v) is 7.30. The van der Waals surface area contributed by atoms with E-state index in [4.69, 9.17) is 12.2 Å². The van der Waals surface area contributed by atoms with E-state index in [1.54, 1.807) is 12.1 Å². The number of amides is 1. The molecule has 0 radical (unpaired) electrons. The van der Waals surface area contributed by atoms with Gasteiger partial charge in [-0.3, -0.25) is 10.1 Å². The van der Waals surface area contributed by atoms with Gasteiger partial charge in [-0.1, -0.05) is 22.0 Å². The van der Waals surface area contributed by atoms with Gasteiger partial charge in [0.2, 0.25) is 0 Å². The van der Waals surface area contributed by atoms with Gasteiger partial charge in [0.05, 0.1) is 0 Å². The van der Waals surface area contributed by atoms with Crippen LogP contribution in [0.4, 0.5) is 10.1 Å². The molecule has 1 amide bonds. The van der Waals surface area contributed by atoms with Gasteiger partial charge in [0, 0.05) is 15.7 Å². The van der Waals surface area contributed by atoms with Crippen molar-refractivity contribution < 1.29 is 9.18 Å². The Labute approximate surface area is 135 Å². The fraction of sp³-hybridized carbons (Fsp3) is 0.0667. The van der Waals surface area contributed by atoms with E-state index in [1.807, 2.05) is 13.0 Å². The fourth-order valence-electron chi connectivity index (χ4n) is 1.60. The zero-order valence-electron chi connectivity index (χ0n) is 11.1. The average Bonchev–Trinajstić information content (AvgIpc) is 2.44. The van der Waals surface area contributed by atoms with E-state index in [-0.39, 0.29) is 16.8 Å². The minimum Gasteiger partial charge on any atom is -0.332 e. The standard InChI is InChI=1S/C15H12BrFN2OS/c1-9-2-3-10(8-13(9)16)14(20)19-15(21)18-12-6-4-11(17)5-7-12/h2-8H,1H3,(H2,18,19,20,21). The Kier molecular flexibility index (Phi) is 5.03. The van der Waals surface area contributed by atoms with Crippen molar-refractivity contribution in [3.63, 3.8) is 0 Å². The average molecular weight is 367 g/mol. The lowest BCUT2D eigenvalue weighted by atomic mass is 10.1. The third-order valence-electron chi connectivity index (χ3n) is 2.76. The van der Waals surface area contributed by atoms with Crippen molar-refractivity contribution in [2.75, 3.05) is 5.32 Å². The van der Waals surface area contributed by atoms with Crippen molar-refractivity contribution in [3.8, 4) is 0 Å². The van der Waals surface area contributed by atoms with Crippen LogP contribution in [-0.4, -0.2) is 11.0 Å². The second kappa shape index (κ2) is 6.78. The van der Waals surface area contributed by atoms with Gasteiger partial charge < -0.3 is 5.32 Å². The van der Waals surface area contributed by atoms with Gasteiger partial charge in [-0.2, -0.15) is 0 Å². The minimum absolute atomic E-state index is 0.156. The molecule has 0 saturated carbocycles. The molecule has 0 aliphatic heterocycles. The molecule has 0 aliphatic carbocycles. The highest BCUT2D eigenvalue weighted by Crippen LogP contribution is 2.17. The van der Waals surface area contributed by atoms with Gasteiger partial charge in [0.25, 0.3) is 5.91 Å². The smallest absolute Gasteiger partial charge is 0.257 e. The minimum atomic E-state index is -0.333. The molecule has 0 heterocycles. The molecule has 2 aromatic carbocycles. The summed E-state index contributed by atoms with van der Waals surface area (Å²) < 4.78 is 13.6. The second-order valence-corrected chi connectivity index (χ2v) is 5.64. The SMILES string of the molecule is Cc1ccc(C(=O)NC(=S)Nc2ccc(F)cc2)cc1Br. The van der Waals surface area contributed by atoms with Gasteiger partial charge in [0.15, 0.2) is 5.11 Å². The van der Waals surface area contributed by atoms with Gasteiger partial charge in [0.1, 0.15) is 5.82 Å². The van der Waals surface area contributed by atoms with Gasteiger partial charge in [-0.25, -0.2) is 4.39 Å². The summed E-state index contributed by atoms with van der Waals surface area (Å²) in [4.78, 5) is 12.0. The lowest BCUT2D eigenvalue weighted by Crippen LogP contribution is -2.34. The van der Waals surface area contributed by atoms with Crippen molar-refractivity contribution in [2.45, 2.75) is 6.92 Å². The largest absolute Gasteiger partial charge is 0.332 e. The summed E-state index contributed by atoms with van der Waals surface area (Å²) >= 11 is 8.43. The van der Waals surface area contributed by atoms with Crippen molar-refractivity contribution in [3.05, 3.63) is 63.9 Å². The summed E-state index contributed by atoms with van der Waals surface area (Å²) in [6.45, 7) is 1.94. The molecule has 21 heavy (non-hydrogen) atoms. The number of nitrogens with one attached hydrogen (secondary N) is 2. The van der Waals surface area contributed by atoms with Crippen LogP contribution in [0.25, 0.3) is 0 Å². The summed E-state index contributed by atoms with van der Waals surface area (Å²) in [5, 5.41) is 5.55. The lowest BCUT2D eigenvalue weighted by molar-refractivity contribution is 0.0977. The van der Waals surface area contributed by atoms with Crippen LogP contribution in [0, 0.1) is 12.7 Å². The Hall–Kier alpha value is -1.79. The number of hydrogen-bond donors (Lipinski definition) is 2. The Morgan fingerprint density at radius 1 is 1.19 bits per heavy atom. The van der Waals surface area contributed by atoms with Crippen molar-refractivity contribution >= 4 is 44.9 Å². The van der Waals surface area contributed by atoms with Gasteiger partial charge in [-0.05, 0) is 61.1 Å². The molecule has 0 fully saturated rings. The molecule has 2 N–H and O–H groups in total. The molecule has 0 atom stereocenters. The molecule has 0 aliphatic rings. The first kappa shape index (κ1) is 15.6. The highest BCUT2D eigenvalue weighted by atomic mass is 79.9. The Balaban J connectivity index is 2.00. The van der Waals surface area contributed by atoms with Crippen LogP contribution < -0.4 is 10.6 Å². The van der Waals surface area contributed by atoms with Gasteiger partial charge >= 0.3 is 0 Å². The van der Waals surface area contributed by atoms with Crippen LogP contribution in [0.3, 0.4) is 0 Å². The van der Waals surface area contributed by atoms with E-state index in [0.717, 1.165) is 10.0 Å². The van der Waals surface area contributed by atoms with Crippen LogP contribution in [0.2, 0.25) is 0 Å². The molecule has 6 heteroatoms. The molecule has 0 aromatic heterocycles. The number of anilines is 1. The van der Waals surface area contributed by atoms with Crippen LogP contribution >= 0.6 is 28.1 Å². The molecule has 0 bridgehead atoms. The molecular formula is C15H12BrFN2OS. The number of carbonyl (C=O) groups is 1. The maximum Gasteiger partial charge on any atom is 0.257 e. The van der Waals surface area contributed by atoms with Crippen molar-refractivity contribution in [2.24, 2.45) is 0 Å². The van der Waals surface area contributed by atoms with Gasteiger partial charge in [-0.15, -0.1) is 0 Å². The number of benzene rings is 2. The summed E-state index contributed by atoms with van der Waals surface area (Å²) in [5.41, 5.74) is 2.14. The normalized spacial score (nSPS) is 10.0. The number of aryl methyl sites for hydroxylation is 1. The number of thiocarbonyl (C=S) groups is 1. The number of halogens is 2. The topological polar surface area (TPSA) is 41.1 Å². The molecular weight excluding hydrogens is 355 g/mol. The van der Waals surface area contributed by atoms with Crippen LogP contribution in [0.1, 0.15) is 15.9 Å². The second-order valence-electron chi connectivity index (χ2n) is 4.38. The molecule has 3 nitrogen and oxygen atoms in total. The zero-order valence-corrected chi connectivity index (χ0v) is 13.5. The fourth-order valence-corrected chi connectivity index (χ4v) is 2.19. The highest BCUT2D eigenvalue weighted by Gasteiger charge is 2.09. The quantitative estimate of drug-likeness (QED) is 0.788. The first-order valence-electron chi connectivity index (χ1n) is 6.10. The number of carbonyl (C=O) groups excluding carboxylic acids is 1. The maximum atomic E-state index is 12.8.